The van der Waals surface area contributed by atoms with Gasteiger partial charge in [0, 0.05) is 34.7 Å². The summed E-state index contributed by atoms with van der Waals surface area (Å²) in [6.07, 6.45) is 4.59. The number of fused-ring (bicyclic) bond motifs is 1. The predicted octanol–water partition coefficient (Wildman–Crippen LogP) is 3.75. The summed E-state index contributed by atoms with van der Waals surface area (Å²) in [7, 11) is 0. The van der Waals surface area contributed by atoms with E-state index in [1.54, 1.807) is 11.3 Å². The molecule has 0 bridgehead atoms. The van der Waals surface area contributed by atoms with Crippen LogP contribution in [-0.4, -0.2) is 15.3 Å². The molecule has 0 spiro atoms. The van der Waals surface area contributed by atoms with Crippen molar-refractivity contribution in [3.63, 3.8) is 0 Å². The lowest BCUT2D eigenvalue weighted by Crippen LogP contribution is -2.13. The van der Waals surface area contributed by atoms with E-state index in [4.69, 9.17) is 4.98 Å². The number of carbonyl (C=O) groups excluding carboxylic acids is 1. The Morgan fingerprint density at radius 1 is 1.32 bits per heavy atom. The van der Waals surface area contributed by atoms with Crippen molar-refractivity contribution in [3.8, 4) is 5.13 Å². The van der Waals surface area contributed by atoms with Crippen LogP contribution >= 0.6 is 11.3 Å². The molecule has 19 heavy (non-hydrogen) atoms. The highest BCUT2D eigenvalue weighted by molar-refractivity contribution is 7.12. The fraction of sp³-hybridized carbons (Fsp3) is 0.467. The Hall–Kier alpha value is -1.42. The number of Topliss-reactive ketones (excluding diaryl/α,β-unsaturated/α-hetero) is 1. The summed E-state index contributed by atoms with van der Waals surface area (Å²) in [5, 5.41) is 3.09. The van der Waals surface area contributed by atoms with Gasteiger partial charge >= 0.3 is 0 Å². The molecule has 0 atom stereocenters. The van der Waals surface area contributed by atoms with Gasteiger partial charge in [-0.15, -0.1) is 11.3 Å². The van der Waals surface area contributed by atoms with Crippen LogP contribution in [0.4, 0.5) is 0 Å². The summed E-state index contributed by atoms with van der Waals surface area (Å²) in [6, 6.07) is 1.94. The maximum absolute atomic E-state index is 11.9. The largest absolute Gasteiger partial charge is 0.296 e. The molecule has 0 radical (unpaired) electrons. The van der Waals surface area contributed by atoms with Crippen molar-refractivity contribution < 1.29 is 4.79 Å². The molecule has 100 valence electrons. The van der Waals surface area contributed by atoms with Crippen molar-refractivity contribution in [3.05, 3.63) is 34.6 Å². The van der Waals surface area contributed by atoms with Crippen LogP contribution in [0.25, 0.3) is 5.13 Å². The zero-order valence-corrected chi connectivity index (χ0v) is 12.4. The van der Waals surface area contributed by atoms with Gasteiger partial charge in [-0.1, -0.05) is 20.8 Å². The molecule has 4 heteroatoms. The van der Waals surface area contributed by atoms with Crippen LogP contribution in [0.15, 0.2) is 17.6 Å². The summed E-state index contributed by atoms with van der Waals surface area (Å²) in [6.45, 7) is 6.50. The standard InChI is InChI=1S/C15H18N2OS/c1-15(2,3)13-9-19-14(16-13)17-8-7-10-11(17)5-4-6-12(10)18/h7-9H,4-6H2,1-3H3. The summed E-state index contributed by atoms with van der Waals surface area (Å²) in [5.74, 6) is 0.271. The van der Waals surface area contributed by atoms with E-state index in [1.165, 1.54) is 0 Å². The second-order valence-electron chi connectivity index (χ2n) is 6.09. The third-order valence-electron chi connectivity index (χ3n) is 3.58. The Labute approximate surface area is 117 Å². The quantitative estimate of drug-likeness (QED) is 0.793. The molecule has 0 amide bonds. The van der Waals surface area contributed by atoms with Crippen LogP contribution in [0.1, 0.15) is 55.4 Å². The van der Waals surface area contributed by atoms with Gasteiger partial charge in [-0.2, -0.15) is 0 Å². The topological polar surface area (TPSA) is 34.9 Å². The number of ketones is 1. The van der Waals surface area contributed by atoms with E-state index in [0.717, 1.165) is 34.9 Å². The molecule has 0 fully saturated rings. The zero-order valence-electron chi connectivity index (χ0n) is 11.6. The maximum Gasteiger partial charge on any atom is 0.194 e. The minimum absolute atomic E-state index is 0.0672. The Morgan fingerprint density at radius 2 is 2.11 bits per heavy atom. The number of aromatic nitrogens is 2. The van der Waals surface area contributed by atoms with E-state index >= 15 is 0 Å². The third kappa shape index (κ3) is 2.14. The zero-order chi connectivity index (χ0) is 13.6. The number of carbonyl (C=O) groups is 1. The van der Waals surface area contributed by atoms with Crippen LogP contribution in [0.3, 0.4) is 0 Å². The van der Waals surface area contributed by atoms with Crippen LogP contribution in [-0.2, 0) is 11.8 Å². The Balaban J connectivity index is 2.04. The molecule has 0 unspecified atom stereocenters. The first-order valence-electron chi connectivity index (χ1n) is 6.66. The van der Waals surface area contributed by atoms with Crippen LogP contribution in [0.5, 0.6) is 0 Å². The Kier molecular flexibility index (Phi) is 2.86. The smallest absolute Gasteiger partial charge is 0.194 e. The van der Waals surface area contributed by atoms with Gasteiger partial charge in [0.2, 0.25) is 0 Å². The van der Waals surface area contributed by atoms with E-state index in [9.17, 15) is 4.79 Å². The first-order chi connectivity index (χ1) is 8.97. The summed E-state index contributed by atoms with van der Waals surface area (Å²) >= 11 is 1.65. The molecule has 3 rings (SSSR count). The molecule has 2 heterocycles. The van der Waals surface area contributed by atoms with Crippen molar-refractivity contribution in [1.82, 2.24) is 9.55 Å². The Morgan fingerprint density at radius 3 is 2.79 bits per heavy atom. The highest BCUT2D eigenvalue weighted by atomic mass is 32.1. The van der Waals surface area contributed by atoms with Crippen molar-refractivity contribution in [2.24, 2.45) is 0 Å². The van der Waals surface area contributed by atoms with Gasteiger partial charge in [0.25, 0.3) is 0 Å². The lowest BCUT2D eigenvalue weighted by Gasteiger charge is -2.15. The second kappa shape index (κ2) is 4.30. The maximum atomic E-state index is 11.9. The van der Waals surface area contributed by atoms with Gasteiger partial charge in [-0.25, -0.2) is 4.98 Å². The number of hydrogen-bond donors (Lipinski definition) is 0. The van der Waals surface area contributed by atoms with Crippen molar-refractivity contribution in [1.29, 1.82) is 0 Å². The molecule has 0 aromatic carbocycles. The Bertz CT molecular complexity index is 631. The van der Waals surface area contributed by atoms with E-state index in [2.05, 4.69) is 30.7 Å². The second-order valence-corrected chi connectivity index (χ2v) is 6.92. The fourth-order valence-corrected chi connectivity index (χ4v) is 3.48. The van der Waals surface area contributed by atoms with Gasteiger partial charge in [0.15, 0.2) is 10.9 Å². The van der Waals surface area contributed by atoms with Crippen molar-refractivity contribution in [2.45, 2.75) is 45.4 Å². The molecule has 2 aromatic rings. The van der Waals surface area contributed by atoms with E-state index in [1.807, 2.05) is 12.3 Å². The average Bonchev–Trinajstić information content (AvgIpc) is 2.93. The summed E-state index contributed by atoms with van der Waals surface area (Å²) < 4.78 is 2.09. The summed E-state index contributed by atoms with van der Waals surface area (Å²) in [5.41, 5.74) is 3.19. The highest BCUT2D eigenvalue weighted by Crippen LogP contribution is 2.29. The van der Waals surface area contributed by atoms with Gasteiger partial charge in [-0.05, 0) is 18.9 Å². The normalized spacial score (nSPS) is 15.6. The number of rotatable bonds is 1. The number of hydrogen-bond acceptors (Lipinski definition) is 3. The first kappa shape index (κ1) is 12.6. The van der Waals surface area contributed by atoms with Gasteiger partial charge in [-0.3, -0.25) is 9.36 Å². The molecule has 3 nitrogen and oxygen atoms in total. The minimum Gasteiger partial charge on any atom is -0.296 e. The van der Waals surface area contributed by atoms with Gasteiger partial charge in [0.05, 0.1) is 5.69 Å². The minimum atomic E-state index is 0.0672. The molecule has 1 aliphatic carbocycles. The highest BCUT2D eigenvalue weighted by Gasteiger charge is 2.23. The van der Waals surface area contributed by atoms with E-state index < -0.39 is 0 Å². The van der Waals surface area contributed by atoms with Gasteiger partial charge < -0.3 is 0 Å². The number of nitrogens with zero attached hydrogens (tertiary/aromatic N) is 2. The average molecular weight is 274 g/mol. The molecular weight excluding hydrogens is 256 g/mol. The van der Waals surface area contributed by atoms with Crippen LogP contribution in [0.2, 0.25) is 0 Å². The van der Waals surface area contributed by atoms with E-state index in [0.29, 0.717) is 6.42 Å². The molecule has 0 aliphatic heterocycles. The van der Waals surface area contributed by atoms with Crippen molar-refractivity contribution in [2.75, 3.05) is 0 Å². The van der Waals surface area contributed by atoms with Crippen molar-refractivity contribution >= 4 is 17.1 Å². The molecular formula is C15H18N2OS. The monoisotopic (exact) mass is 274 g/mol. The first-order valence-corrected chi connectivity index (χ1v) is 7.54. The lowest BCUT2D eigenvalue weighted by molar-refractivity contribution is 0.0972. The van der Waals surface area contributed by atoms with Crippen LogP contribution < -0.4 is 0 Å². The predicted molar refractivity (Wildman–Crippen MR) is 77.4 cm³/mol. The molecule has 0 saturated carbocycles. The molecule has 0 N–H and O–H groups in total. The van der Waals surface area contributed by atoms with Gasteiger partial charge in [0.1, 0.15) is 0 Å². The molecule has 0 saturated heterocycles. The summed E-state index contributed by atoms with van der Waals surface area (Å²) in [4.78, 5) is 16.6. The van der Waals surface area contributed by atoms with Crippen LogP contribution in [0, 0.1) is 0 Å². The number of thiazole rings is 1. The molecule has 2 aromatic heterocycles. The fourth-order valence-electron chi connectivity index (χ4n) is 2.42. The SMILES string of the molecule is CC(C)(C)c1csc(-n2ccc3c2CCCC3=O)n1. The lowest BCUT2D eigenvalue weighted by atomic mass is 9.93. The third-order valence-corrected chi connectivity index (χ3v) is 4.42. The molecule has 1 aliphatic rings. The van der Waals surface area contributed by atoms with E-state index in [-0.39, 0.29) is 11.2 Å².